The Kier molecular flexibility index (Phi) is 2.74. The summed E-state index contributed by atoms with van der Waals surface area (Å²) in [5.41, 5.74) is 6.18. The minimum absolute atomic E-state index is 0.0775. The minimum atomic E-state index is -1.27. The molecule has 76 valence electrons. The molecule has 0 spiro atoms. The van der Waals surface area contributed by atoms with Gasteiger partial charge in [0.1, 0.15) is 5.82 Å². The Labute approximate surface area is 81.4 Å². The van der Waals surface area contributed by atoms with Crippen molar-refractivity contribution in [1.82, 2.24) is 0 Å². The maximum absolute atomic E-state index is 13.1. The van der Waals surface area contributed by atoms with Crippen molar-refractivity contribution in [3.63, 3.8) is 0 Å². The van der Waals surface area contributed by atoms with Crippen LogP contribution in [-0.2, 0) is 0 Å². The van der Waals surface area contributed by atoms with Gasteiger partial charge in [0.05, 0.1) is 5.56 Å². The van der Waals surface area contributed by atoms with E-state index in [1.54, 1.807) is 0 Å². The van der Waals surface area contributed by atoms with E-state index in [0.29, 0.717) is 11.3 Å². The topological polar surface area (TPSA) is 63.3 Å². The lowest BCUT2D eigenvalue weighted by Gasteiger charge is -2.10. The molecule has 0 aliphatic heterocycles. The van der Waals surface area contributed by atoms with Gasteiger partial charge in [0, 0.05) is 5.69 Å². The first-order valence-corrected chi connectivity index (χ1v) is 4.25. The van der Waals surface area contributed by atoms with E-state index in [2.05, 4.69) is 0 Å². The number of rotatable bonds is 2. The van der Waals surface area contributed by atoms with Gasteiger partial charge in [-0.15, -0.1) is 0 Å². The molecule has 0 aliphatic rings. The average molecular weight is 197 g/mol. The van der Waals surface area contributed by atoms with Gasteiger partial charge in [-0.2, -0.15) is 0 Å². The number of carboxylic acid groups (broad SMARTS) is 1. The summed E-state index contributed by atoms with van der Waals surface area (Å²) < 4.78 is 13.1. The molecule has 0 fully saturated rings. The molecule has 0 amide bonds. The number of anilines is 1. The number of halogens is 1. The third-order valence-corrected chi connectivity index (χ3v) is 2.03. The summed E-state index contributed by atoms with van der Waals surface area (Å²) in [6.07, 6.45) is 0. The third kappa shape index (κ3) is 1.84. The van der Waals surface area contributed by atoms with Crippen LogP contribution in [0.1, 0.15) is 35.7 Å². The molecule has 0 unspecified atom stereocenters. The molecule has 3 N–H and O–H groups in total. The Balaban J connectivity index is 3.34. The lowest BCUT2D eigenvalue weighted by molar-refractivity contribution is 0.0692. The standard InChI is InChI=1S/C10H12FNO2/c1-5(2)6-3-7(10(13)14)8(11)4-9(6)12/h3-5H,12H2,1-2H3,(H,13,14). The second-order valence-electron chi connectivity index (χ2n) is 3.42. The highest BCUT2D eigenvalue weighted by Crippen LogP contribution is 2.24. The van der Waals surface area contributed by atoms with E-state index in [1.807, 2.05) is 13.8 Å². The number of carbonyl (C=O) groups is 1. The van der Waals surface area contributed by atoms with Gasteiger partial charge in [0.2, 0.25) is 0 Å². The first kappa shape index (κ1) is 10.5. The molecule has 0 saturated heterocycles. The fourth-order valence-electron chi connectivity index (χ4n) is 1.27. The van der Waals surface area contributed by atoms with E-state index in [1.165, 1.54) is 6.07 Å². The van der Waals surface area contributed by atoms with Gasteiger partial charge in [-0.25, -0.2) is 9.18 Å². The zero-order chi connectivity index (χ0) is 10.9. The maximum Gasteiger partial charge on any atom is 0.338 e. The summed E-state index contributed by atoms with van der Waals surface area (Å²) in [6, 6.07) is 2.34. The Bertz CT molecular complexity index is 375. The van der Waals surface area contributed by atoms with Gasteiger partial charge in [-0.05, 0) is 23.6 Å². The average Bonchev–Trinajstić information content (AvgIpc) is 2.02. The van der Waals surface area contributed by atoms with Crippen molar-refractivity contribution in [3.05, 3.63) is 29.1 Å². The largest absolute Gasteiger partial charge is 0.478 e. The van der Waals surface area contributed by atoms with E-state index in [9.17, 15) is 9.18 Å². The molecule has 3 nitrogen and oxygen atoms in total. The van der Waals surface area contributed by atoms with Crippen LogP contribution < -0.4 is 5.73 Å². The SMILES string of the molecule is CC(C)c1cc(C(=O)O)c(F)cc1N. The highest BCUT2D eigenvalue weighted by atomic mass is 19.1. The first-order chi connectivity index (χ1) is 6.43. The highest BCUT2D eigenvalue weighted by Gasteiger charge is 2.14. The zero-order valence-electron chi connectivity index (χ0n) is 8.04. The fourth-order valence-corrected chi connectivity index (χ4v) is 1.27. The van der Waals surface area contributed by atoms with Gasteiger partial charge >= 0.3 is 5.97 Å². The van der Waals surface area contributed by atoms with E-state index in [-0.39, 0.29) is 11.5 Å². The van der Waals surface area contributed by atoms with Crippen LogP contribution >= 0.6 is 0 Å². The van der Waals surface area contributed by atoms with Crippen LogP contribution in [0.2, 0.25) is 0 Å². The Morgan fingerprint density at radius 2 is 2.07 bits per heavy atom. The van der Waals surface area contributed by atoms with Crippen molar-refractivity contribution in [3.8, 4) is 0 Å². The van der Waals surface area contributed by atoms with E-state index in [0.717, 1.165) is 6.07 Å². The van der Waals surface area contributed by atoms with Crippen molar-refractivity contribution in [2.45, 2.75) is 19.8 Å². The molecule has 0 saturated carbocycles. The normalized spacial score (nSPS) is 10.6. The third-order valence-electron chi connectivity index (χ3n) is 2.03. The molecule has 0 aromatic heterocycles. The smallest absolute Gasteiger partial charge is 0.338 e. The van der Waals surface area contributed by atoms with Crippen molar-refractivity contribution in [2.24, 2.45) is 0 Å². The first-order valence-electron chi connectivity index (χ1n) is 4.25. The summed E-state index contributed by atoms with van der Waals surface area (Å²) in [4.78, 5) is 10.6. The summed E-state index contributed by atoms with van der Waals surface area (Å²) in [6.45, 7) is 3.74. The molecule has 14 heavy (non-hydrogen) atoms. The molecule has 0 aliphatic carbocycles. The second-order valence-corrected chi connectivity index (χ2v) is 3.42. The number of nitrogen functional groups attached to an aromatic ring is 1. The molecule has 0 radical (unpaired) electrons. The number of nitrogens with two attached hydrogens (primary N) is 1. The number of aromatic carboxylic acids is 1. The quantitative estimate of drug-likeness (QED) is 0.714. The maximum atomic E-state index is 13.1. The van der Waals surface area contributed by atoms with Crippen molar-refractivity contribution >= 4 is 11.7 Å². The zero-order valence-corrected chi connectivity index (χ0v) is 8.04. The van der Waals surface area contributed by atoms with Crippen LogP contribution in [0.15, 0.2) is 12.1 Å². The van der Waals surface area contributed by atoms with E-state index >= 15 is 0 Å². The number of hydrogen-bond donors (Lipinski definition) is 2. The molecule has 0 bridgehead atoms. The molecule has 1 aromatic rings. The second kappa shape index (κ2) is 3.65. The van der Waals surface area contributed by atoms with Gasteiger partial charge < -0.3 is 10.8 Å². The van der Waals surface area contributed by atoms with Gasteiger partial charge in [0.25, 0.3) is 0 Å². The lowest BCUT2D eigenvalue weighted by Crippen LogP contribution is -2.05. The van der Waals surface area contributed by atoms with Gasteiger partial charge in [0.15, 0.2) is 0 Å². The Morgan fingerprint density at radius 3 is 2.50 bits per heavy atom. The Morgan fingerprint density at radius 1 is 1.50 bits per heavy atom. The van der Waals surface area contributed by atoms with E-state index < -0.39 is 11.8 Å². The number of hydrogen-bond acceptors (Lipinski definition) is 2. The molecule has 1 aromatic carbocycles. The van der Waals surface area contributed by atoms with Crippen LogP contribution in [-0.4, -0.2) is 11.1 Å². The minimum Gasteiger partial charge on any atom is -0.478 e. The van der Waals surface area contributed by atoms with Crippen molar-refractivity contribution < 1.29 is 14.3 Å². The van der Waals surface area contributed by atoms with Gasteiger partial charge in [-0.3, -0.25) is 0 Å². The van der Waals surface area contributed by atoms with Crippen LogP contribution in [0.4, 0.5) is 10.1 Å². The van der Waals surface area contributed by atoms with Gasteiger partial charge in [-0.1, -0.05) is 13.8 Å². The monoisotopic (exact) mass is 197 g/mol. The summed E-state index contributed by atoms with van der Waals surface area (Å²) in [5, 5.41) is 8.68. The van der Waals surface area contributed by atoms with Crippen molar-refractivity contribution in [1.29, 1.82) is 0 Å². The predicted octanol–water partition coefficient (Wildman–Crippen LogP) is 2.23. The molecule has 4 heteroatoms. The highest BCUT2D eigenvalue weighted by molar-refractivity contribution is 5.89. The van der Waals surface area contributed by atoms with Crippen LogP contribution in [0.3, 0.4) is 0 Å². The van der Waals surface area contributed by atoms with E-state index in [4.69, 9.17) is 10.8 Å². The predicted molar refractivity (Wildman–Crippen MR) is 51.9 cm³/mol. The lowest BCUT2D eigenvalue weighted by atomic mass is 9.98. The van der Waals surface area contributed by atoms with Crippen LogP contribution in [0, 0.1) is 5.82 Å². The summed E-state index contributed by atoms with van der Waals surface area (Å²) >= 11 is 0. The fraction of sp³-hybridized carbons (Fsp3) is 0.300. The van der Waals surface area contributed by atoms with Crippen LogP contribution in [0.25, 0.3) is 0 Å². The number of benzene rings is 1. The summed E-state index contributed by atoms with van der Waals surface area (Å²) in [7, 11) is 0. The Hall–Kier alpha value is -1.58. The molecular weight excluding hydrogens is 185 g/mol. The summed E-state index contributed by atoms with van der Waals surface area (Å²) in [5.74, 6) is -1.99. The molecular formula is C10H12FNO2. The molecule has 0 atom stereocenters. The van der Waals surface area contributed by atoms with Crippen LogP contribution in [0.5, 0.6) is 0 Å². The van der Waals surface area contributed by atoms with Crippen molar-refractivity contribution in [2.75, 3.05) is 5.73 Å². The molecule has 1 rings (SSSR count). The molecule has 0 heterocycles. The number of carboxylic acids is 1.